The van der Waals surface area contributed by atoms with Crippen molar-refractivity contribution in [3.8, 4) is 11.3 Å². The maximum absolute atomic E-state index is 12.9. The molecule has 4 rings (SSSR count). The molecule has 2 aromatic carbocycles. The van der Waals surface area contributed by atoms with E-state index in [1.807, 2.05) is 60.7 Å². The van der Waals surface area contributed by atoms with Crippen LogP contribution in [0.1, 0.15) is 22.7 Å². The number of fused-ring (bicyclic) bond motifs is 1. The Morgan fingerprint density at radius 3 is 2.44 bits per heavy atom. The molecule has 0 saturated heterocycles. The number of aliphatic hydroxyl groups is 1. The van der Waals surface area contributed by atoms with Crippen LogP contribution in [0.25, 0.3) is 11.3 Å². The fraction of sp³-hybridized carbons (Fsp3) is 0.200. The zero-order valence-electron chi connectivity index (χ0n) is 13.7. The van der Waals surface area contributed by atoms with Gasteiger partial charge in [0.1, 0.15) is 0 Å². The van der Waals surface area contributed by atoms with Crippen molar-refractivity contribution in [1.82, 2.24) is 15.1 Å². The number of amides is 1. The summed E-state index contributed by atoms with van der Waals surface area (Å²) in [4.78, 5) is 14.7. The van der Waals surface area contributed by atoms with Gasteiger partial charge in [0.25, 0.3) is 0 Å². The normalized spacial score (nSPS) is 14.4. The minimum Gasteiger partial charge on any atom is -0.395 e. The molecular formula is C20H19N3O2. The van der Waals surface area contributed by atoms with Crippen LogP contribution in [0.2, 0.25) is 0 Å². The molecule has 3 aromatic rings. The molecule has 1 unspecified atom stereocenters. The average Bonchev–Trinajstić information content (AvgIpc) is 3.24. The third-order valence-corrected chi connectivity index (χ3v) is 4.69. The van der Waals surface area contributed by atoms with Crippen molar-refractivity contribution in [3.63, 3.8) is 0 Å². The summed E-state index contributed by atoms with van der Waals surface area (Å²) in [6, 6.07) is 19.4. The van der Waals surface area contributed by atoms with Crippen molar-refractivity contribution in [2.24, 2.45) is 0 Å². The summed E-state index contributed by atoms with van der Waals surface area (Å²) in [5.41, 5.74) is 4.80. The molecule has 1 aromatic heterocycles. The highest BCUT2D eigenvalue weighted by molar-refractivity contribution is 5.85. The number of aromatic nitrogens is 2. The number of nitrogens with zero attached hydrogens (tertiary/aromatic N) is 2. The van der Waals surface area contributed by atoms with Crippen LogP contribution in [0.5, 0.6) is 0 Å². The molecule has 0 fully saturated rings. The Balaban J connectivity index is 1.58. The van der Waals surface area contributed by atoms with E-state index in [1.54, 1.807) is 4.90 Å². The second kappa shape index (κ2) is 6.53. The highest BCUT2D eigenvalue weighted by Crippen LogP contribution is 2.32. The van der Waals surface area contributed by atoms with E-state index in [0.717, 1.165) is 28.1 Å². The predicted molar refractivity (Wildman–Crippen MR) is 94.5 cm³/mol. The Kier molecular flexibility index (Phi) is 4.07. The molecule has 0 saturated carbocycles. The van der Waals surface area contributed by atoms with Crippen LogP contribution in [0.4, 0.5) is 0 Å². The van der Waals surface area contributed by atoms with Gasteiger partial charge >= 0.3 is 0 Å². The first-order chi connectivity index (χ1) is 12.3. The number of nitrogens with one attached hydrogen (secondary N) is 1. The van der Waals surface area contributed by atoms with Crippen LogP contribution < -0.4 is 0 Å². The van der Waals surface area contributed by atoms with Gasteiger partial charge in [-0.2, -0.15) is 5.10 Å². The number of benzene rings is 2. The number of rotatable bonds is 4. The van der Waals surface area contributed by atoms with Gasteiger partial charge in [0, 0.05) is 11.1 Å². The molecule has 5 heteroatoms. The van der Waals surface area contributed by atoms with E-state index in [1.165, 1.54) is 0 Å². The van der Waals surface area contributed by atoms with E-state index in [-0.39, 0.29) is 12.5 Å². The molecule has 0 radical (unpaired) electrons. The minimum absolute atomic E-state index is 0.0580. The Morgan fingerprint density at radius 1 is 1.08 bits per heavy atom. The largest absolute Gasteiger partial charge is 0.395 e. The molecule has 25 heavy (non-hydrogen) atoms. The van der Waals surface area contributed by atoms with E-state index >= 15 is 0 Å². The standard InChI is InChI=1S/C20H19N3O2/c24-13-17(14-7-3-1-4-8-14)20(25)23-11-16-18(12-23)21-22-19(16)15-9-5-2-6-10-15/h1-10,17,24H,11-13H2,(H,21,22). The zero-order chi connectivity index (χ0) is 17.2. The van der Waals surface area contributed by atoms with Crippen LogP contribution in [-0.2, 0) is 17.9 Å². The van der Waals surface area contributed by atoms with Gasteiger partial charge in [0.2, 0.25) is 5.91 Å². The lowest BCUT2D eigenvalue weighted by Crippen LogP contribution is -2.32. The Morgan fingerprint density at radius 2 is 1.76 bits per heavy atom. The van der Waals surface area contributed by atoms with E-state index in [2.05, 4.69) is 10.2 Å². The van der Waals surface area contributed by atoms with Crippen LogP contribution in [0.15, 0.2) is 60.7 Å². The Bertz CT molecular complexity index is 874. The van der Waals surface area contributed by atoms with E-state index in [9.17, 15) is 9.90 Å². The van der Waals surface area contributed by atoms with Crippen molar-refractivity contribution in [2.75, 3.05) is 6.61 Å². The minimum atomic E-state index is -0.529. The van der Waals surface area contributed by atoms with Crippen molar-refractivity contribution in [1.29, 1.82) is 0 Å². The van der Waals surface area contributed by atoms with Crippen LogP contribution in [-0.4, -0.2) is 32.7 Å². The smallest absolute Gasteiger partial charge is 0.233 e. The molecule has 0 spiro atoms. The lowest BCUT2D eigenvalue weighted by atomic mass is 9.98. The van der Waals surface area contributed by atoms with Crippen molar-refractivity contribution in [3.05, 3.63) is 77.5 Å². The van der Waals surface area contributed by atoms with Gasteiger partial charge in [-0.15, -0.1) is 0 Å². The highest BCUT2D eigenvalue weighted by atomic mass is 16.3. The molecule has 2 heterocycles. The van der Waals surface area contributed by atoms with Gasteiger partial charge < -0.3 is 10.0 Å². The van der Waals surface area contributed by atoms with Crippen molar-refractivity contribution in [2.45, 2.75) is 19.0 Å². The summed E-state index contributed by atoms with van der Waals surface area (Å²) in [6.45, 7) is 0.812. The first-order valence-corrected chi connectivity index (χ1v) is 8.34. The predicted octanol–water partition coefficient (Wildman–Crippen LogP) is 2.70. The number of carbonyl (C=O) groups excluding carboxylic acids is 1. The SMILES string of the molecule is O=C(C(CO)c1ccccc1)N1Cc2[nH]nc(-c3ccccc3)c2C1. The summed E-state index contributed by atoms with van der Waals surface area (Å²) in [5.74, 6) is -0.587. The fourth-order valence-corrected chi connectivity index (χ4v) is 3.36. The second-order valence-electron chi connectivity index (χ2n) is 6.24. The molecule has 2 N–H and O–H groups in total. The number of hydrogen-bond acceptors (Lipinski definition) is 3. The average molecular weight is 333 g/mol. The van der Waals surface area contributed by atoms with E-state index in [4.69, 9.17) is 0 Å². The quantitative estimate of drug-likeness (QED) is 0.771. The van der Waals surface area contributed by atoms with Crippen LogP contribution >= 0.6 is 0 Å². The molecule has 0 bridgehead atoms. The number of aliphatic hydroxyl groups excluding tert-OH is 1. The highest BCUT2D eigenvalue weighted by Gasteiger charge is 2.32. The molecule has 5 nitrogen and oxygen atoms in total. The van der Waals surface area contributed by atoms with Crippen LogP contribution in [0.3, 0.4) is 0 Å². The van der Waals surface area contributed by atoms with Gasteiger partial charge in [-0.3, -0.25) is 9.89 Å². The molecule has 1 atom stereocenters. The van der Waals surface area contributed by atoms with E-state index < -0.39 is 5.92 Å². The first-order valence-electron chi connectivity index (χ1n) is 8.34. The molecule has 1 amide bonds. The molecule has 1 aliphatic rings. The number of carbonyl (C=O) groups is 1. The fourth-order valence-electron chi connectivity index (χ4n) is 3.36. The Labute approximate surface area is 145 Å². The molecule has 0 aliphatic carbocycles. The van der Waals surface area contributed by atoms with Gasteiger partial charge in [-0.05, 0) is 5.56 Å². The monoisotopic (exact) mass is 333 g/mol. The van der Waals surface area contributed by atoms with Crippen molar-refractivity contribution >= 4 is 5.91 Å². The van der Waals surface area contributed by atoms with Crippen molar-refractivity contribution < 1.29 is 9.90 Å². The number of hydrogen-bond donors (Lipinski definition) is 2. The summed E-state index contributed by atoms with van der Waals surface area (Å²) < 4.78 is 0. The Hall–Kier alpha value is -2.92. The molecule has 1 aliphatic heterocycles. The third kappa shape index (κ3) is 2.83. The first kappa shape index (κ1) is 15.6. The zero-order valence-corrected chi connectivity index (χ0v) is 13.7. The van der Waals surface area contributed by atoms with Crippen LogP contribution in [0, 0.1) is 0 Å². The van der Waals surface area contributed by atoms with Gasteiger partial charge in [-0.25, -0.2) is 0 Å². The van der Waals surface area contributed by atoms with Gasteiger partial charge in [0.15, 0.2) is 0 Å². The summed E-state index contributed by atoms with van der Waals surface area (Å²) in [5, 5.41) is 17.2. The lowest BCUT2D eigenvalue weighted by molar-refractivity contribution is -0.134. The third-order valence-electron chi connectivity index (χ3n) is 4.69. The molecule has 126 valence electrons. The lowest BCUT2D eigenvalue weighted by Gasteiger charge is -2.22. The van der Waals surface area contributed by atoms with Gasteiger partial charge in [-0.1, -0.05) is 60.7 Å². The van der Waals surface area contributed by atoms with Gasteiger partial charge in [0.05, 0.1) is 37.0 Å². The number of H-pyrrole nitrogens is 1. The topological polar surface area (TPSA) is 69.2 Å². The maximum Gasteiger partial charge on any atom is 0.233 e. The number of aromatic amines is 1. The second-order valence-corrected chi connectivity index (χ2v) is 6.24. The molecular weight excluding hydrogens is 314 g/mol. The summed E-state index contributed by atoms with van der Waals surface area (Å²) >= 11 is 0. The summed E-state index contributed by atoms with van der Waals surface area (Å²) in [7, 11) is 0. The van der Waals surface area contributed by atoms with E-state index in [0.29, 0.717) is 13.1 Å². The maximum atomic E-state index is 12.9. The summed E-state index contributed by atoms with van der Waals surface area (Å²) in [6.07, 6.45) is 0.